The fourth-order valence-corrected chi connectivity index (χ4v) is 2.66. The highest BCUT2D eigenvalue weighted by molar-refractivity contribution is 6.30. The highest BCUT2D eigenvalue weighted by atomic mass is 35.5. The number of benzene rings is 1. The van der Waals surface area contributed by atoms with Crippen molar-refractivity contribution in [2.75, 3.05) is 0 Å². The molecule has 1 aromatic carbocycles. The van der Waals surface area contributed by atoms with Crippen molar-refractivity contribution in [2.45, 2.75) is 45.6 Å². The van der Waals surface area contributed by atoms with Crippen molar-refractivity contribution in [1.82, 2.24) is 14.9 Å². The summed E-state index contributed by atoms with van der Waals surface area (Å²) in [5.74, 6) is -1.53. The van der Waals surface area contributed by atoms with Gasteiger partial charge in [0, 0.05) is 23.0 Å². The van der Waals surface area contributed by atoms with E-state index in [4.69, 9.17) is 16.3 Å². The van der Waals surface area contributed by atoms with Crippen LogP contribution in [-0.2, 0) is 22.7 Å². The molecular formula is C19H21ClF3N3O3. The van der Waals surface area contributed by atoms with Crippen LogP contribution in [-0.4, -0.2) is 33.6 Å². The van der Waals surface area contributed by atoms with Crippen LogP contribution >= 0.6 is 11.6 Å². The Morgan fingerprint density at radius 3 is 2.52 bits per heavy atom. The van der Waals surface area contributed by atoms with E-state index < -0.39 is 37.2 Å². The first kappa shape index (κ1) is 22.7. The molecule has 2 rings (SSSR count). The molecule has 29 heavy (non-hydrogen) atoms. The molecule has 2 unspecified atom stereocenters. The van der Waals surface area contributed by atoms with E-state index in [1.54, 1.807) is 19.1 Å². The predicted octanol–water partition coefficient (Wildman–Crippen LogP) is 3.99. The first-order chi connectivity index (χ1) is 13.6. The smallest absolute Gasteiger partial charge is 0.406 e. The molecular weight excluding hydrogens is 411 g/mol. The van der Waals surface area contributed by atoms with Crippen molar-refractivity contribution in [2.24, 2.45) is 5.92 Å². The third kappa shape index (κ3) is 6.77. The number of ether oxygens (including phenoxy) is 1. The molecule has 1 N–H and O–H groups in total. The zero-order valence-corrected chi connectivity index (χ0v) is 16.6. The summed E-state index contributed by atoms with van der Waals surface area (Å²) in [6.45, 7) is 1.93. The molecule has 0 aliphatic heterocycles. The summed E-state index contributed by atoms with van der Waals surface area (Å²) in [7, 11) is 0. The van der Waals surface area contributed by atoms with Crippen LogP contribution in [0.4, 0.5) is 13.2 Å². The Bertz CT molecular complexity index is 837. The van der Waals surface area contributed by atoms with Gasteiger partial charge in [0.1, 0.15) is 25.0 Å². The number of amides is 1. The van der Waals surface area contributed by atoms with E-state index in [2.05, 4.69) is 10.3 Å². The number of aromatic nitrogens is 2. The third-order valence-corrected chi connectivity index (χ3v) is 4.61. The van der Waals surface area contributed by atoms with Crippen LogP contribution in [0.1, 0.15) is 36.5 Å². The predicted molar refractivity (Wildman–Crippen MR) is 100 cm³/mol. The Hall–Kier alpha value is -2.55. The van der Waals surface area contributed by atoms with E-state index in [9.17, 15) is 22.8 Å². The van der Waals surface area contributed by atoms with Crippen molar-refractivity contribution in [3.8, 4) is 0 Å². The van der Waals surface area contributed by atoms with Crippen molar-refractivity contribution in [3.05, 3.63) is 53.1 Å². The topological polar surface area (TPSA) is 73.2 Å². The molecule has 1 heterocycles. The van der Waals surface area contributed by atoms with Crippen LogP contribution in [0.25, 0.3) is 0 Å². The number of rotatable bonds is 8. The minimum absolute atomic E-state index is 0.0393. The molecule has 1 amide bonds. The van der Waals surface area contributed by atoms with Gasteiger partial charge in [0.25, 0.3) is 5.91 Å². The summed E-state index contributed by atoms with van der Waals surface area (Å²) < 4.78 is 43.8. The maximum atomic E-state index is 12.6. The van der Waals surface area contributed by atoms with Crippen LogP contribution < -0.4 is 5.32 Å². The summed E-state index contributed by atoms with van der Waals surface area (Å²) in [6, 6.07) is 5.17. The van der Waals surface area contributed by atoms with Gasteiger partial charge in [-0.15, -0.1) is 0 Å². The monoisotopic (exact) mass is 431 g/mol. The summed E-state index contributed by atoms with van der Waals surface area (Å²) in [4.78, 5) is 28.8. The number of alkyl halides is 3. The Kier molecular flexibility index (Phi) is 7.66. The summed E-state index contributed by atoms with van der Waals surface area (Å²) in [5.41, 5.74) is 0.316. The third-order valence-electron chi connectivity index (χ3n) is 4.35. The SMILES string of the molecule is CCC(C)C(NC(=O)c1ccc(Cl)cc1)C(=O)OCc1nccn1CC(F)(F)F. The molecule has 0 saturated heterocycles. The van der Waals surface area contributed by atoms with Gasteiger partial charge in [0.05, 0.1) is 0 Å². The molecule has 158 valence electrons. The van der Waals surface area contributed by atoms with E-state index >= 15 is 0 Å². The highest BCUT2D eigenvalue weighted by Crippen LogP contribution is 2.19. The lowest BCUT2D eigenvalue weighted by atomic mass is 9.99. The minimum atomic E-state index is -4.43. The van der Waals surface area contributed by atoms with Crippen LogP contribution in [0, 0.1) is 5.92 Å². The summed E-state index contributed by atoms with van der Waals surface area (Å²) in [6.07, 6.45) is -1.50. The van der Waals surface area contributed by atoms with E-state index in [1.807, 2.05) is 6.92 Å². The van der Waals surface area contributed by atoms with Crippen LogP contribution in [0.15, 0.2) is 36.7 Å². The average molecular weight is 432 g/mol. The first-order valence-electron chi connectivity index (χ1n) is 8.90. The second kappa shape index (κ2) is 9.78. The highest BCUT2D eigenvalue weighted by Gasteiger charge is 2.30. The molecule has 0 saturated carbocycles. The van der Waals surface area contributed by atoms with Gasteiger partial charge in [-0.05, 0) is 30.2 Å². The largest absolute Gasteiger partial charge is 0.456 e. The number of hydrogen-bond acceptors (Lipinski definition) is 4. The molecule has 0 aliphatic rings. The molecule has 2 aromatic rings. The quantitative estimate of drug-likeness (QED) is 0.641. The summed E-state index contributed by atoms with van der Waals surface area (Å²) >= 11 is 5.80. The second-order valence-electron chi connectivity index (χ2n) is 6.54. The Balaban J connectivity index is 2.05. The normalized spacial score (nSPS) is 13.6. The van der Waals surface area contributed by atoms with Crippen molar-refractivity contribution in [1.29, 1.82) is 0 Å². The van der Waals surface area contributed by atoms with Gasteiger partial charge < -0.3 is 14.6 Å². The van der Waals surface area contributed by atoms with Gasteiger partial charge in [-0.25, -0.2) is 9.78 Å². The lowest BCUT2D eigenvalue weighted by Gasteiger charge is -2.23. The number of esters is 1. The molecule has 0 spiro atoms. The van der Waals surface area contributed by atoms with Crippen LogP contribution in [0.2, 0.25) is 5.02 Å². The number of nitrogens with zero attached hydrogens (tertiary/aromatic N) is 2. The maximum absolute atomic E-state index is 12.6. The van der Waals surface area contributed by atoms with E-state index in [1.165, 1.54) is 18.3 Å². The van der Waals surface area contributed by atoms with Crippen molar-refractivity contribution in [3.63, 3.8) is 0 Å². The Morgan fingerprint density at radius 1 is 1.28 bits per heavy atom. The number of hydrogen-bond donors (Lipinski definition) is 1. The number of carbonyl (C=O) groups excluding carboxylic acids is 2. The molecule has 0 radical (unpaired) electrons. The number of imidazole rings is 1. The molecule has 0 bridgehead atoms. The number of carbonyl (C=O) groups is 2. The van der Waals surface area contributed by atoms with Gasteiger partial charge in [-0.1, -0.05) is 31.9 Å². The van der Waals surface area contributed by atoms with Crippen molar-refractivity contribution >= 4 is 23.5 Å². The zero-order chi connectivity index (χ0) is 21.6. The zero-order valence-electron chi connectivity index (χ0n) is 15.9. The molecule has 10 heteroatoms. The fraction of sp³-hybridized carbons (Fsp3) is 0.421. The van der Waals surface area contributed by atoms with Gasteiger partial charge in [0.2, 0.25) is 0 Å². The van der Waals surface area contributed by atoms with Gasteiger partial charge in [-0.3, -0.25) is 4.79 Å². The Morgan fingerprint density at radius 2 is 1.93 bits per heavy atom. The number of halogens is 4. The lowest BCUT2D eigenvalue weighted by molar-refractivity contribution is -0.149. The molecule has 1 aromatic heterocycles. The minimum Gasteiger partial charge on any atom is -0.456 e. The second-order valence-corrected chi connectivity index (χ2v) is 6.97. The van der Waals surface area contributed by atoms with E-state index in [-0.39, 0.29) is 11.7 Å². The summed E-state index contributed by atoms with van der Waals surface area (Å²) in [5, 5.41) is 3.09. The lowest BCUT2D eigenvalue weighted by Crippen LogP contribution is -2.46. The van der Waals surface area contributed by atoms with Crippen molar-refractivity contribution < 1.29 is 27.5 Å². The standard InChI is InChI=1S/C19H21ClF3N3O3/c1-3-12(2)16(25-17(27)13-4-6-14(20)7-5-13)18(28)29-10-15-24-8-9-26(15)11-19(21,22)23/h4-9,12,16H,3,10-11H2,1-2H3,(H,25,27). The van der Waals surface area contributed by atoms with Crippen LogP contribution in [0.3, 0.4) is 0 Å². The number of nitrogens with one attached hydrogen (secondary N) is 1. The van der Waals surface area contributed by atoms with Gasteiger partial charge in [-0.2, -0.15) is 13.2 Å². The fourth-order valence-electron chi connectivity index (χ4n) is 2.54. The van der Waals surface area contributed by atoms with Gasteiger partial charge in [0.15, 0.2) is 0 Å². The first-order valence-corrected chi connectivity index (χ1v) is 9.28. The average Bonchev–Trinajstić information content (AvgIpc) is 3.09. The maximum Gasteiger partial charge on any atom is 0.406 e. The molecule has 0 fully saturated rings. The van der Waals surface area contributed by atoms with E-state index in [0.29, 0.717) is 17.0 Å². The van der Waals surface area contributed by atoms with Crippen LogP contribution in [0.5, 0.6) is 0 Å². The molecule has 2 atom stereocenters. The van der Waals surface area contributed by atoms with Gasteiger partial charge >= 0.3 is 12.1 Å². The molecule has 6 nitrogen and oxygen atoms in total. The Labute approximate surface area is 171 Å². The van der Waals surface area contributed by atoms with E-state index in [0.717, 1.165) is 10.8 Å². The molecule has 0 aliphatic carbocycles.